The van der Waals surface area contributed by atoms with Crippen molar-refractivity contribution >= 4 is 12.1 Å². The number of carbonyl (C=O) groups excluding carboxylic acids is 1. The molecule has 20 heavy (non-hydrogen) atoms. The quantitative estimate of drug-likeness (QED) is 0.746. The van der Waals surface area contributed by atoms with Gasteiger partial charge >= 0.3 is 0 Å². The first kappa shape index (κ1) is 15.0. The van der Waals surface area contributed by atoms with Crippen LogP contribution >= 0.6 is 0 Å². The minimum absolute atomic E-state index is 0.160. The first-order valence-electron chi connectivity index (χ1n) is 7.57. The minimum Gasteiger partial charge on any atom is -0.354 e. The molecular formula is C16H25N3O. The molecule has 4 nitrogen and oxygen atoms in total. The van der Waals surface area contributed by atoms with Gasteiger partial charge in [-0.05, 0) is 25.0 Å². The summed E-state index contributed by atoms with van der Waals surface area (Å²) >= 11 is 0. The molecule has 1 aromatic heterocycles. The van der Waals surface area contributed by atoms with Crippen molar-refractivity contribution in [2.24, 2.45) is 5.41 Å². The monoisotopic (exact) mass is 275 g/mol. The largest absolute Gasteiger partial charge is 0.354 e. The predicted molar refractivity (Wildman–Crippen MR) is 82.0 cm³/mol. The smallest absolute Gasteiger partial charge is 0.128 e. The molecule has 0 aromatic carbocycles. The fourth-order valence-electron chi connectivity index (χ4n) is 2.80. The van der Waals surface area contributed by atoms with Crippen LogP contribution in [0.5, 0.6) is 0 Å². The van der Waals surface area contributed by atoms with E-state index in [1.54, 1.807) is 0 Å². The highest BCUT2D eigenvalue weighted by molar-refractivity contribution is 5.59. The number of pyridine rings is 1. The van der Waals surface area contributed by atoms with Crippen LogP contribution in [0.25, 0.3) is 0 Å². The number of carbonyl (C=O) groups is 1. The average Bonchev–Trinajstić information content (AvgIpc) is 2.54. The molecule has 0 aliphatic carbocycles. The Bertz CT molecular complexity index is 409. The molecule has 1 aromatic rings. The molecule has 0 spiro atoms. The Kier molecular flexibility index (Phi) is 5.12. The van der Waals surface area contributed by atoms with Crippen LogP contribution in [0.3, 0.4) is 0 Å². The van der Waals surface area contributed by atoms with Gasteiger partial charge in [-0.15, -0.1) is 0 Å². The maximum atomic E-state index is 11.4. The van der Waals surface area contributed by atoms with Gasteiger partial charge in [-0.2, -0.15) is 0 Å². The Balaban J connectivity index is 1.90. The van der Waals surface area contributed by atoms with Gasteiger partial charge in [0.1, 0.15) is 12.1 Å². The van der Waals surface area contributed by atoms with Crippen LogP contribution in [0.1, 0.15) is 26.7 Å². The second kappa shape index (κ2) is 6.84. The summed E-state index contributed by atoms with van der Waals surface area (Å²) in [6, 6.07) is 6.03. The Morgan fingerprint density at radius 3 is 2.40 bits per heavy atom. The van der Waals surface area contributed by atoms with E-state index in [9.17, 15) is 4.79 Å². The van der Waals surface area contributed by atoms with Gasteiger partial charge in [0.15, 0.2) is 0 Å². The number of aromatic nitrogens is 1. The second-order valence-corrected chi connectivity index (χ2v) is 5.64. The van der Waals surface area contributed by atoms with Crippen LogP contribution in [0.2, 0.25) is 0 Å². The fraction of sp³-hybridized carbons (Fsp3) is 0.625. The third-order valence-corrected chi connectivity index (χ3v) is 4.54. The summed E-state index contributed by atoms with van der Waals surface area (Å²) in [7, 11) is 0. The van der Waals surface area contributed by atoms with E-state index < -0.39 is 0 Å². The van der Waals surface area contributed by atoms with Crippen molar-refractivity contribution in [2.45, 2.75) is 26.7 Å². The predicted octanol–water partition coefficient (Wildman–Crippen LogP) is 2.21. The van der Waals surface area contributed by atoms with Crippen LogP contribution in [-0.4, -0.2) is 48.9 Å². The average molecular weight is 275 g/mol. The van der Waals surface area contributed by atoms with E-state index in [4.69, 9.17) is 0 Å². The molecule has 0 amide bonds. The topological polar surface area (TPSA) is 36.4 Å². The summed E-state index contributed by atoms with van der Waals surface area (Å²) < 4.78 is 0. The number of piperazine rings is 1. The summed E-state index contributed by atoms with van der Waals surface area (Å²) in [6.07, 6.45) is 4.85. The van der Waals surface area contributed by atoms with E-state index in [2.05, 4.69) is 34.7 Å². The van der Waals surface area contributed by atoms with Crippen molar-refractivity contribution in [3.05, 3.63) is 24.4 Å². The van der Waals surface area contributed by atoms with E-state index in [1.807, 2.05) is 18.3 Å². The second-order valence-electron chi connectivity index (χ2n) is 5.64. The molecule has 0 N–H and O–H groups in total. The molecule has 0 saturated carbocycles. The summed E-state index contributed by atoms with van der Waals surface area (Å²) in [4.78, 5) is 20.5. The highest BCUT2D eigenvalue weighted by atomic mass is 16.1. The highest BCUT2D eigenvalue weighted by Gasteiger charge is 2.30. The standard InChI is InChI=1S/C16H25N3O/c1-3-16(4-2,14-20)13-18-9-11-19(12-10-18)15-7-5-6-8-17-15/h5-8,14H,3-4,9-13H2,1-2H3. The molecule has 0 bridgehead atoms. The van der Waals surface area contributed by atoms with Crippen LogP contribution < -0.4 is 4.90 Å². The Hall–Kier alpha value is -1.42. The lowest BCUT2D eigenvalue weighted by Crippen LogP contribution is -2.50. The summed E-state index contributed by atoms with van der Waals surface area (Å²) in [5, 5.41) is 0. The van der Waals surface area contributed by atoms with Gasteiger partial charge in [0.05, 0.1) is 0 Å². The van der Waals surface area contributed by atoms with Crippen LogP contribution in [0, 0.1) is 5.41 Å². The van der Waals surface area contributed by atoms with Gasteiger partial charge in [-0.3, -0.25) is 4.90 Å². The molecule has 0 unspecified atom stereocenters. The normalized spacial score (nSPS) is 17.2. The number of anilines is 1. The van der Waals surface area contributed by atoms with Crippen LogP contribution in [0.4, 0.5) is 5.82 Å². The van der Waals surface area contributed by atoms with Crippen molar-refractivity contribution < 1.29 is 4.79 Å². The Morgan fingerprint density at radius 1 is 1.20 bits per heavy atom. The fourth-order valence-corrected chi connectivity index (χ4v) is 2.80. The molecule has 1 fully saturated rings. The Morgan fingerprint density at radius 2 is 1.90 bits per heavy atom. The van der Waals surface area contributed by atoms with E-state index in [0.29, 0.717) is 0 Å². The van der Waals surface area contributed by atoms with Gasteiger partial charge in [-0.25, -0.2) is 4.98 Å². The zero-order valence-corrected chi connectivity index (χ0v) is 12.6. The van der Waals surface area contributed by atoms with E-state index in [-0.39, 0.29) is 5.41 Å². The van der Waals surface area contributed by atoms with Gasteiger partial charge in [0, 0.05) is 44.3 Å². The van der Waals surface area contributed by atoms with Gasteiger partial charge in [0.2, 0.25) is 0 Å². The van der Waals surface area contributed by atoms with Gasteiger partial charge in [0.25, 0.3) is 0 Å². The van der Waals surface area contributed by atoms with Crippen molar-refractivity contribution in [1.29, 1.82) is 0 Å². The number of hydrogen-bond donors (Lipinski definition) is 0. The van der Waals surface area contributed by atoms with E-state index >= 15 is 0 Å². The Labute approximate surface area is 121 Å². The molecule has 0 atom stereocenters. The van der Waals surface area contributed by atoms with E-state index in [1.165, 1.54) is 0 Å². The molecule has 4 heteroatoms. The molecule has 1 aliphatic rings. The number of aldehydes is 1. The van der Waals surface area contributed by atoms with Crippen molar-refractivity contribution in [3.63, 3.8) is 0 Å². The third kappa shape index (κ3) is 3.37. The molecule has 0 radical (unpaired) electrons. The molecule has 1 aliphatic heterocycles. The molecule has 1 saturated heterocycles. The first-order valence-corrected chi connectivity index (χ1v) is 7.57. The zero-order chi connectivity index (χ0) is 14.4. The molecular weight excluding hydrogens is 250 g/mol. The molecule has 2 rings (SSSR count). The zero-order valence-electron chi connectivity index (χ0n) is 12.6. The van der Waals surface area contributed by atoms with Crippen LogP contribution in [-0.2, 0) is 4.79 Å². The number of rotatable bonds is 6. The maximum Gasteiger partial charge on any atom is 0.128 e. The van der Waals surface area contributed by atoms with Crippen LogP contribution in [0.15, 0.2) is 24.4 Å². The SMILES string of the molecule is CCC(C=O)(CC)CN1CCN(c2ccccn2)CC1. The maximum absolute atomic E-state index is 11.4. The highest BCUT2D eigenvalue weighted by Crippen LogP contribution is 2.25. The van der Waals surface area contributed by atoms with Gasteiger partial charge in [-0.1, -0.05) is 19.9 Å². The van der Waals surface area contributed by atoms with Crippen molar-refractivity contribution in [1.82, 2.24) is 9.88 Å². The summed E-state index contributed by atoms with van der Waals surface area (Å²) in [5.41, 5.74) is -0.160. The number of hydrogen-bond acceptors (Lipinski definition) is 4. The van der Waals surface area contributed by atoms with E-state index in [0.717, 1.165) is 57.7 Å². The molecule has 110 valence electrons. The van der Waals surface area contributed by atoms with Crippen molar-refractivity contribution in [2.75, 3.05) is 37.6 Å². The summed E-state index contributed by atoms with van der Waals surface area (Å²) in [6.45, 7) is 9.10. The lowest BCUT2D eigenvalue weighted by atomic mass is 9.83. The number of nitrogens with zero attached hydrogens (tertiary/aromatic N) is 3. The van der Waals surface area contributed by atoms with Gasteiger partial charge < -0.3 is 9.69 Å². The third-order valence-electron chi connectivity index (χ3n) is 4.54. The first-order chi connectivity index (χ1) is 9.73. The minimum atomic E-state index is -0.160. The molecule has 2 heterocycles. The lowest BCUT2D eigenvalue weighted by molar-refractivity contribution is -0.117. The summed E-state index contributed by atoms with van der Waals surface area (Å²) in [5.74, 6) is 1.06. The lowest BCUT2D eigenvalue weighted by Gasteiger charge is -2.39. The van der Waals surface area contributed by atoms with Crippen molar-refractivity contribution in [3.8, 4) is 0 Å².